The first-order valence-electron chi connectivity index (χ1n) is 11.3. The fraction of sp³-hybridized carbons (Fsp3) is 0.280. The van der Waals surface area contributed by atoms with Gasteiger partial charge in [-0.25, -0.2) is 18.6 Å². The molecule has 2 aliphatic rings. The van der Waals surface area contributed by atoms with Crippen LogP contribution >= 0.6 is 0 Å². The molecule has 176 valence electrons. The number of rotatable bonds is 2. The molecule has 0 amide bonds. The number of fused-ring (bicyclic) bond motifs is 4. The minimum absolute atomic E-state index is 0.0119. The van der Waals surface area contributed by atoms with Crippen molar-refractivity contribution in [3.63, 3.8) is 0 Å². The van der Waals surface area contributed by atoms with E-state index in [2.05, 4.69) is 26.2 Å². The van der Waals surface area contributed by atoms with Crippen molar-refractivity contribution in [1.82, 2.24) is 24.8 Å². The minimum atomic E-state index is -0.782. The zero-order chi connectivity index (χ0) is 24.4. The molecule has 5 heterocycles. The maximum Gasteiger partial charge on any atom is 0.349 e. The predicted molar refractivity (Wildman–Crippen MR) is 130 cm³/mol. The van der Waals surface area contributed by atoms with E-state index in [1.54, 1.807) is 0 Å². The Bertz CT molecular complexity index is 1630. The van der Waals surface area contributed by atoms with E-state index >= 15 is 4.39 Å². The van der Waals surface area contributed by atoms with Gasteiger partial charge in [-0.3, -0.25) is 9.55 Å². The molecule has 2 bridgehead atoms. The number of nitrogen functional groups attached to an aromatic ring is 1. The average molecular weight is 473 g/mol. The normalized spacial score (nSPS) is 19.4. The van der Waals surface area contributed by atoms with Crippen LogP contribution in [0.1, 0.15) is 18.4 Å². The van der Waals surface area contributed by atoms with Crippen molar-refractivity contribution in [3.05, 3.63) is 52.1 Å². The van der Waals surface area contributed by atoms with Gasteiger partial charge in [-0.15, -0.1) is 6.42 Å². The van der Waals surface area contributed by atoms with Gasteiger partial charge in [0.15, 0.2) is 5.82 Å². The second-order valence-electron chi connectivity index (χ2n) is 9.06. The van der Waals surface area contributed by atoms with Crippen molar-refractivity contribution in [3.8, 4) is 23.7 Å². The molecule has 10 heteroatoms. The maximum atomic E-state index is 16.2. The molecule has 2 fully saturated rings. The Morgan fingerprint density at radius 1 is 1.17 bits per heavy atom. The number of nitrogens with one attached hydrogen (secondary N) is 1. The van der Waals surface area contributed by atoms with Crippen molar-refractivity contribution < 1.29 is 8.78 Å². The van der Waals surface area contributed by atoms with E-state index in [1.165, 1.54) is 31.4 Å². The van der Waals surface area contributed by atoms with Crippen LogP contribution in [0.4, 0.5) is 20.4 Å². The number of terminal acetylenes is 1. The van der Waals surface area contributed by atoms with Gasteiger partial charge in [0.1, 0.15) is 28.8 Å². The quantitative estimate of drug-likeness (QED) is 0.431. The molecule has 2 aliphatic heterocycles. The standard InChI is InChI=1S/C25H21F2N7O/c1-3-15-17(26)7-4-12-8-18(28)31-21(19(12)15)22-20(27)23-16(9-29-22)24(32-25(35)33(23)2)34-10-13-5-6-14(11-34)30-13/h1,4,7-9,13-14,30H,5-6,10-11H2,2H3,(H2,28,31). The van der Waals surface area contributed by atoms with Crippen LogP contribution in [0.15, 0.2) is 29.2 Å². The molecule has 0 saturated carbocycles. The SMILES string of the molecule is C#Cc1c(F)ccc2cc(N)nc(-c3ncc4c(N5CC6CCC(C5)N6)nc(=O)n(C)c4c3F)c12. The van der Waals surface area contributed by atoms with Gasteiger partial charge >= 0.3 is 5.69 Å². The van der Waals surface area contributed by atoms with Crippen LogP contribution in [0, 0.1) is 24.0 Å². The first-order chi connectivity index (χ1) is 16.9. The van der Waals surface area contributed by atoms with Crippen LogP contribution in [-0.4, -0.2) is 44.7 Å². The van der Waals surface area contributed by atoms with Crippen LogP contribution in [0.5, 0.6) is 0 Å². The zero-order valence-electron chi connectivity index (χ0n) is 18.8. The van der Waals surface area contributed by atoms with E-state index in [9.17, 15) is 9.18 Å². The number of hydrogen-bond acceptors (Lipinski definition) is 7. The minimum Gasteiger partial charge on any atom is -0.384 e. The Kier molecular flexibility index (Phi) is 4.72. The second kappa shape index (κ2) is 7.71. The molecule has 1 aromatic carbocycles. The van der Waals surface area contributed by atoms with E-state index in [-0.39, 0.29) is 33.7 Å². The monoisotopic (exact) mass is 473 g/mol. The summed E-state index contributed by atoms with van der Waals surface area (Å²) in [5, 5.41) is 4.67. The highest BCUT2D eigenvalue weighted by Gasteiger charge is 2.34. The average Bonchev–Trinajstić information content (AvgIpc) is 3.18. The Labute approximate surface area is 198 Å². The number of halogens is 2. The first-order valence-corrected chi connectivity index (χ1v) is 11.3. The van der Waals surface area contributed by atoms with E-state index in [1.807, 2.05) is 4.90 Å². The lowest BCUT2D eigenvalue weighted by Crippen LogP contribution is -2.51. The highest BCUT2D eigenvalue weighted by molar-refractivity contribution is 6.01. The number of aryl methyl sites for hydroxylation is 1. The summed E-state index contributed by atoms with van der Waals surface area (Å²) in [5.41, 5.74) is 5.20. The van der Waals surface area contributed by atoms with Crippen molar-refractivity contribution in [2.75, 3.05) is 23.7 Å². The van der Waals surface area contributed by atoms with Crippen molar-refractivity contribution in [2.24, 2.45) is 7.05 Å². The number of nitrogens with two attached hydrogens (primary N) is 1. The smallest absolute Gasteiger partial charge is 0.349 e. The fourth-order valence-corrected chi connectivity index (χ4v) is 5.32. The predicted octanol–water partition coefficient (Wildman–Crippen LogP) is 2.33. The molecule has 2 atom stereocenters. The van der Waals surface area contributed by atoms with Crippen molar-refractivity contribution >= 4 is 33.3 Å². The third-order valence-electron chi connectivity index (χ3n) is 6.91. The Morgan fingerprint density at radius 2 is 1.91 bits per heavy atom. The summed E-state index contributed by atoms with van der Waals surface area (Å²) in [5.74, 6) is 1.41. The summed E-state index contributed by atoms with van der Waals surface area (Å²) in [4.78, 5) is 27.7. The molecule has 0 spiro atoms. The van der Waals surface area contributed by atoms with Gasteiger partial charge in [-0.2, -0.15) is 4.98 Å². The Balaban J connectivity index is 1.63. The Morgan fingerprint density at radius 3 is 2.63 bits per heavy atom. The van der Waals surface area contributed by atoms with Crippen LogP contribution in [-0.2, 0) is 7.05 Å². The molecule has 8 nitrogen and oxygen atoms in total. The number of aromatic nitrogens is 4. The lowest BCUT2D eigenvalue weighted by Gasteiger charge is -2.34. The van der Waals surface area contributed by atoms with Crippen LogP contribution in [0.25, 0.3) is 33.1 Å². The van der Waals surface area contributed by atoms with Crippen LogP contribution in [0.2, 0.25) is 0 Å². The molecular weight excluding hydrogens is 452 g/mol. The molecule has 3 aromatic heterocycles. The molecule has 0 radical (unpaired) electrons. The van der Waals surface area contributed by atoms with Gasteiger partial charge < -0.3 is 16.0 Å². The van der Waals surface area contributed by atoms with E-state index in [4.69, 9.17) is 12.2 Å². The molecule has 2 unspecified atom stereocenters. The highest BCUT2D eigenvalue weighted by atomic mass is 19.1. The molecule has 2 saturated heterocycles. The molecule has 6 rings (SSSR count). The summed E-state index contributed by atoms with van der Waals surface area (Å²) in [6, 6.07) is 4.86. The van der Waals surface area contributed by atoms with Crippen LogP contribution < -0.4 is 21.6 Å². The molecule has 35 heavy (non-hydrogen) atoms. The lowest BCUT2D eigenvalue weighted by atomic mass is 10.0. The maximum absolute atomic E-state index is 16.2. The number of nitrogens with zero attached hydrogens (tertiary/aromatic N) is 5. The summed E-state index contributed by atoms with van der Waals surface area (Å²) in [6.07, 6.45) is 9.14. The van der Waals surface area contributed by atoms with Gasteiger partial charge in [-0.1, -0.05) is 12.0 Å². The zero-order valence-corrected chi connectivity index (χ0v) is 18.8. The fourth-order valence-electron chi connectivity index (χ4n) is 5.32. The molecule has 0 aliphatic carbocycles. The van der Waals surface area contributed by atoms with Crippen LogP contribution in [0.3, 0.4) is 0 Å². The Hall–Kier alpha value is -4.10. The summed E-state index contributed by atoms with van der Waals surface area (Å²) in [7, 11) is 1.45. The van der Waals surface area contributed by atoms with Gasteiger partial charge in [-0.05, 0) is 30.4 Å². The summed E-state index contributed by atoms with van der Waals surface area (Å²) in [6.45, 7) is 1.34. The molecular formula is C25H21F2N7O. The van der Waals surface area contributed by atoms with E-state index < -0.39 is 17.3 Å². The van der Waals surface area contributed by atoms with Gasteiger partial charge in [0.2, 0.25) is 0 Å². The van der Waals surface area contributed by atoms with Gasteiger partial charge in [0, 0.05) is 43.8 Å². The second-order valence-corrected chi connectivity index (χ2v) is 9.06. The third kappa shape index (κ3) is 3.23. The number of hydrogen-bond donors (Lipinski definition) is 2. The summed E-state index contributed by atoms with van der Waals surface area (Å²) < 4.78 is 31.9. The largest absolute Gasteiger partial charge is 0.384 e. The third-order valence-corrected chi connectivity index (χ3v) is 6.91. The van der Waals surface area contributed by atoms with Gasteiger partial charge in [0.05, 0.1) is 16.5 Å². The lowest BCUT2D eigenvalue weighted by molar-refractivity contribution is 0.463. The topological polar surface area (TPSA) is 102 Å². The van der Waals surface area contributed by atoms with Gasteiger partial charge in [0.25, 0.3) is 0 Å². The number of piperazine rings is 1. The van der Waals surface area contributed by atoms with E-state index in [0.717, 1.165) is 17.4 Å². The molecule has 4 aromatic rings. The number of benzene rings is 1. The first kappa shape index (κ1) is 21.4. The summed E-state index contributed by atoms with van der Waals surface area (Å²) >= 11 is 0. The van der Waals surface area contributed by atoms with Crippen molar-refractivity contribution in [2.45, 2.75) is 24.9 Å². The molecule has 3 N–H and O–H groups in total. The van der Waals surface area contributed by atoms with Crippen molar-refractivity contribution in [1.29, 1.82) is 0 Å². The number of pyridine rings is 2. The highest BCUT2D eigenvalue weighted by Crippen LogP contribution is 2.36. The van der Waals surface area contributed by atoms with E-state index in [0.29, 0.717) is 41.8 Å². The number of anilines is 2.